The van der Waals surface area contributed by atoms with Gasteiger partial charge in [-0.2, -0.15) is 0 Å². The van der Waals surface area contributed by atoms with Crippen molar-refractivity contribution in [2.45, 2.75) is 11.8 Å². The molecule has 3 rings (SSSR count). The maximum Gasteiger partial charge on any atom is 0.261 e. The highest BCUT2D eigenvalue weighted by Gasteiger charge is 2.14. The molecular formula is C18H17N3O3S. The molecule has 7 heteroatoms. The fraction of sp³-hybridized carbons (Fsp3) is 0.111. The smallest absolute Gasteiger partial charge is 0.261 e. The van der Waals surface area contributed by atoms with Gasteiger partial charge in [0.15, 0.2) is 0 Å². The Balaban J connectivity index is 1.84. The third-order valence-corrected chi connectivity index (χ3v) is 4.79. The van der Waals surface area contributed by atoms with Crippen LogP contribution in [-0.2, 0) is 10.0 Å². The lowest BCUT2D eigenvalue weighted by molar-refractivity contribution is 0.323. The van der Waals surface area contributed by atoms with Gasteiger partial charge >= 0.3 is 0 Å². The number of rotatable bonds is 6. The van der Waals surface area contributed by atoms with E-state index in [1.807, 2.05) is 13.0 Å². The van der Waals surface area contributed by atoms with Crippen molar-refractivity contribution in [2.24, 2.45) is 0 Å². The van der Waals surface area contributed by atoms with Gasteiger partial charge in [-0.15, -0.1) is 10.2 Å². The molecule has 0 fully saturated rings. The molecule has 128 valence electrons. The van der Waals surface area contributed by atoms with E-state index in [4.69, 9.17) is 4.74 Å². The van der Waals surface area contributed by atoms with Gasteiger partial charge in [-0.05, 0) is 37.3 Å². The summed E-state index contributed by atoms with van der Waals surface area (Å²) >= 11 is 0. The number of nitrogens with one attached hydrogen (secondary N) is 1. The van der Waals surface area contributed by atoms with E-state index in [1.54, 1.807) is 60.7 Å². The van der Waals surface area contributed by atoms with Crippen LogP contribution in [0.4, 0.5) is 5.69 Å². The zero-order valence-corrected chi connectivity index (χ0v) is 14.4. The van der Waals surface area contributed by atoms with Crippen LogP contribution >= 0.6 is 0 Å². The lowest BCUT2D eigenvalue weighted by Crippen LogP contribution is -2.12. The van der Waals surface area contributed by atoms with Crippen molar-refractivity contribution in [1.29, 1.82) is 0 Å². The van der Waals surface area contributed by atoms with Gasteiger partial charge in [0.2, 0.25) is 5.88 Å². The number of hydrogen-bond acceptors (Lipinski definition) is 5. The molecule has 0 aliphatic rings. The number of aromatic nitrogens is 2. The maximum atomic E-state index is 12.4. The maximum absolute atomic E-state index is 12.4. The molecule has 0 aliphatic heterocycles. The predicted molar refractivity (Wildman–Crippen MR) is 95.9 cm³/mol. The minimum atomic E-state index is -3.63. The number of benzene rings is 2. The van der Waals surface area contributed by atoms with E-state index in [-0.39, 0.29) is 4.90 Å². The summed E-state index contributed by atoms with van der Waals surface area (Å²) in [5, 5.41) is 8.10. The summed E-state index contributed by atoms with van der Waals surface area (Å²) in [6, 6.07) is 18.7. The highest BCUT2D eigenvalue weighted by Crippen LogP contribution is 2.23. The third kappa shape index (κ3) is 4.13. The van der Waals surface area contributed by atoms with Crippen molar-refractivity contribution in [3.63, 3.8) is 0 Å². The molecule has 0 saturated heterocycles. The SMILES string of the molecule is CCOc1ccc(-c2cccc(NS(=O)(=O)c3ccccc3)c2)nn1. The lowest BCUT2D eigenvalue weighted by atomic mass is 10.1. The summed E-state index contributed by atoms with van der Waals surface area (Å²) in [6.45, 7) is 2.39. The van der Waals surface area contributed by atoms with E-state index in [1.165, 1.54) is 0 Å². The quantitative estimate of drug-likeness (QED) is 0.733. The Morgan fingerprint density at radius 2 is 1.76 bits per heavy atom. The molecule has 1 heterocycles. The van der Waals surface area contributed by atoms with Crippen LogP contribution in [0.5, 0.6) is 5.88 Å². The van der Waals surface area contributed by atoms with Crippen LogP contribution in [0.2, 0.25) is 0 Å². The number of nitrogens with zero attached hydrogens (tertiary/aromatic N) is 2. The normalized spacial score (nSPS) is 11.1. The molecule has 0 amide bonds. The molecule has 6 nitrogen and oxygen atoms in total. The van der Waals surface area contributed by atoms with E-state index < -0.39 is 10.0 Å². The Labute approximate surface area is 146 Å². The van der Waals surface area contributed by atoms with E-state index in [0.717, 1.165) is 5.56 Å². The summed E-state index contributed by atoms with van der Waals surface area (Å²) in [4.78, 5) is 0.210. The first-order valence-corrected chi connectivity index (χ1v) is 9.21. The van der Waals surface area contributed by atoms with Crippen LogP contribution in [0.15, 0.2) is 71.6 Å². The van der Waals surface area contributed by atoms with Crippen molar-refractivity contribution in [3.8, 4) is 17.1 Å². The minimum Gasteiger partial charge on any atom is -0.477 e. The average Bonchev–Trinajstić information content (AvgIpc) is 2.63. The van der Waals surface area contributed by atoms with Gasteiger partial charge in [0.1, 0.15) is 0 Å². The summed E-state index contributed by atoms with van der Waals surface area (Å²) in [6.07, 6.45) is 0. The minimum absolute atomic E-state index is 0.210. The van der Waals surface area contributed by atoms with Crippen LogP contribution in [0.3, 0.4) is 0 Å². The van der Waals surface area contributed by atoms with Crippen LogP contribution < -0.4 is 9.46 Å². The standard InChI is InChI=1S/C18H17N3O3S/c1-2-24-18-12-11-17(19-20-18)14-7-6-8-15(13-14)21-25(22,23)16-9-4-3-5-10-16/h3-13,21H,2H2,1H3. The second kappa shape index (κ2) is 7.31. The van der Waals surface area contributed by atoms with Crippen LogP contribution in [0, 0.1) is 0 Å². The Hall–Kier alpha value is -2.93. The molecule has 1 aromatic heterocycles. The van der Waals surface area contributed by atoms with Gasteiger partial charge in [0, 0.05) is 17.3 Å². The topological polar surface area (TPSA) is 81.2 Å². The molecule has 0 unspecified atom stereocenters. The molecule has 3 aromatic rings. The van der Waals surface area contributed by atoms with Crippen LogP contribution in [0.25, 0.3) is 11.3 Å². The third-order valence-electron chi connectivity index (χ3n) is 3.40. The van der Waals surface area contributed by atoms with E-state index >= 15 is 0 Å². The number of ether oxygens (including phenoxy) is 1. The molecule has 0 atom stereocenters. The van der Waals surface area contributed by atoms with Crippen molar-refractivity contribution >= 4 is 15.7 Å². The first-order chi connectivity index (χ1) is 12.1. The summed E-state index contributed by atoms with van der Waals surface area (Å²) < 4.78 is 32.7. The van der Waals surface area contributed by atoms with Crippen LogP contribution in [0.1, 0.15) is 6.92 Å². The Morgan fingerprint density at radius 3 is 2.44 bits per heavy atom. The van der Waals surface area contributed by atoms with Gasteiger partial charge < -0.3 is 4.74 Å². The average molecular weight is 355 g/mol. The van der Waals surface area contributed by atoms with Crippen LogP contribution in [-0.4, -0.2) is 25.2 Å². The Kier molecular flexibility index (Phi) is 4.95. The zero-order valence-electron chi connectivity index (χ0n) is 13.6. The number of hydrogen-bond donors (Lipinski definition) is 1. The summed E-state index contributed by atoms with van der Waals surface area (Å²) in [5.41, 5.74) is 1.84. The fourth-order valence-electron chi connectivity index (χ4n) is 2.25. The Bertz CT molecular complexity index is 943. The van der Waals surface area contributed by atoms with Crippen molar-refractivity contribution in [2.75, 3.05) is 11.3 Å². The second-order valence-electron chi connectivity index (χ2n) is 5.19. The molecule has 0 spiro atoms. The molecule has 25 heavy (non-hydrogen) atoms. The monoisotopic (exact) mass is 355 g/mol. The molecule has 0 radical (unpaired) electrons. The van der Waals surface area contributed by atoms with Gasteiger partial charge in [-0.1, -0.05) is 30.3 Å². The van der Waals surface area contributed by atoms with E-state index in [0.29, 0.717) is 23.9 Å². The Morgan fingerprint density at radius 1 is 0.960 bits per heavy atom. The first-order valence-electron chi connectivity index (χ1n) is 7.73. The molecule has 0 aliphatic carbocycles. The summed E-state index contributed by atoms with van der Waals surface area (Å²) in [5.74, 6) is 0.451. The highest BCUT2D eigenvalue weighted by molar-refractivity contribution is 7.92. The van der Waals surface area contributed by atoms with Crippen molar-refractivity contribution < 1.29 is 13.2 Å². The molecule has 0 saturated carbocycles. The highest BCUT2D eigenvalue weighted by atomic mass is 32.2. The molecular weight excluding hydrogens is 338 g/mol. The number of sulfonamides is 1. The fourth-order valence-corrected chi connectivity index (χ4v) is 3.33. The molecule has 0 bridgehead atoms. The van der Waals surface area contributed by atoms with Gasteiger partial charge in [-0.3, -0.25) is 4.72 Å². The first kappa shape index (κ1) is 16.9. The van der Waals surface area contributed by atoms with Gasteiger partial charge in [0.25, 0.3) is 10.0 Å². The zero-order chi connectivity index (χ0) is 17.7. The lowest BCUT2D eigenvalue weighted by Gasteiger charge is -2.09. The second-order valence-corrected chi connectivity index (χ2v) is 6.87. The van der Waals surface area contributed by atoms with Crippen molar-refractivity contribution in [1.82, 2.24) is 10.2 Å². The summed E-state index contributed by atoms with van der Waals surface area (Å²) in [7, 11) is -3.63. The van der Waals surface area contributed by atoms with E-state index in [2.05, 4.69) is 14.9 Å². The number of anilines is 1. The molecule has 2 aromatic carbocycles. The predicted octanol–water partition coefficient (Wildman–Crippen LogP) is 3.34. The molecule has 1 N–H and O–H groups in total. The largest absolute Gasteiger partial charge is 0.477 e. The van der Waals surface area contributed by atoms with Crippen molar-refractivity contribution in [3.05, 3.63) is 66.7 Å². The van der Waals surface area contributed by atoms with E-state index in [9.17, 15) is 8.42 Å². The van der Waals surface area contributed by atoms with Gasteiger partial charge in [-0.25, -0.2) is 8.42 Å². The van der Waals surface area contributed by atoms with Gasteiger partial charge in [0.05, 0.1) is 17.2 Å².